The van der Waals surface area contributed by atoms with Crippen LogP contribution in [-0.2, 0) is 19.2 Å². The third-order valence-electron chi connectivity index (χ3n) is 2.86. The minimum atomic E-state index is -0.790. The first kappa shape index (κ1) is 20.8. The Morgan fingerprint density at radius 2 is 1.48 bits per heavy atom. The van der Waals surface area contributed by atoms with E-state index in [0.717, 1.165) is 6.42 Å². The molecule has 1 atom stereocenters. The number of carbonyl (C=O) groups excluding carboxylic acids is 4. The Morgan fingerprint density at radius 1 is 0.913 bits per heavy atom. The molecule has 0 unspecified atom stereocenters. The van der Waals surface area contributed by atoms with Gasteiger partial charge in [-0.25, -0.2) is 0 Å². The summed E-state index contributed by atoms with van der Waals surface area (Å²) in [4.78, 5) is 45.5. The number of hydrogen-bond donors (Lipinski definition) is 6. The Hall–Kier alpha value is -2.20. The molecule has 0 heterocycles. The zero-order valence-electron chi connectivity index (χ0n) is 13.3. The lowest BCUT2D eigenvalue weighted by Gasteiger charge is -2.15. The summed E-state index contributed by atoms with van der Waals surface area (Å²) in [6.45, 7) is 0.0521. The zero-order valence-corrected chi connectivity index (χ0v) is 13.3. The zero-order chi connectivity index (χ0) is 17.7. The molecule has 0 saturated heterocycles. The normalized spacial score (nSPS) is 11.4. The van der Waals surface area contributed by atoms with E-state index in [2.05, 4.69) is 21.3 Å². The van der Waals surface area contributed by atoms with Gasteiger partial charge in [0.05, 0.1) is 19.6 Å². The molecule has 0 rings (SSSR count). The number of unbranched alkanes of at least 4 members (excludes halogenated alkanes) is 1. The lowest BCUT2D eigenvalue weighted by molar-refractivity contribution is -0.129. The Bertz CT molecular complexity index is 415. The third kappa shape index (κ3) is 11.1. The molecule has 132 valence electrons. The summed E-state index contributed by atoms with van der Waals surface area (Å²) in [6, 6.07) is -0.790. The van der Waals surface area contributed by atoms with Crippen LogP contribution in [0.15, 0.2) is 0 Å². The van der Waals surface area contributed by atoms with Gasteiger partial charge in [0.2, 0.25) is 23.6 Å². The molecule has 23 heavy (non-hydrogen) atoms. The lowest BCUT2D eigenvalue weighted by Crippen LogP contribution is -2.49. The van der Waals surface area contributed by atoms with Crippen molar-refractivity contribution in [2.45, 2.75) is 25.3 Å². The van der Waals surface area contributed by atoms with Crippen molar-refractivity contribution in [2.75, 3.05) is 33.2 Å². The summed E-state index contributed by atoms with van der Waals surface area (Å²) in [5, 5.41) is 9.79. The quantitative estimate of drug-likeness (QED) is 0.203. The second-order valence-electron chi connectivity index (χ2n) is 4.89. The van der Waals surface area contributed by atoms with E-state index in [0.29, 0.717) is 19.4 Å². The highest BCUT2D eigenvalue weighted by Gasteiger charge is 2.17. The van der Waals surface area contributed by atoms with E-state index in [-0.39, 0.29) is 25.5 Å². The number of hydrogen-bond acceptors (Lipinski definition) is 6. The molecular formula is C13H26N6O4. The predicted octanol–water partition coefficient (Wildman–Crippen LogP) is -3.46. The van der Waals surface area contributed by atoms with E-state index in [9.17, 15) is 19.2 Å². The molecule has 0 radical (unpaired) electrons. The van der Waals surface area contributed by atoms with E-state index in [4.69, 9.17) is 11.5 Å². The molecule has 10 heteroatoms. The molecule has 0 saturated carbocycles. The fourth-order valence-electron chi connectivity index (χ4n) is 1.67. The predicted molar refractivity (Wildman–Crippen MR) is 84.0 cm³/mol. The lowest BCUT2D eigenvalue weighted by atomic mass is 10.1. The average molecular weight is 330 g/mol. The van der Waals surface area contributed by atoms with Crippen LogP contribution in [0.4, 0.5) is 0 Å². The van der Waals surface area contributed by atoms with Crippen molar-refractivity contribution in [3.8, 4) is 0 Å². The SMILES string of the molecule is CNCC(=O)NCC(=O)NCC(=O)N[C@@H](CCCCN)C(N)=O. The standard InChI is InChI=1S/C13H26N6O4/c1-16-6-10(20)17-7-11(21)18-8-12(22)19-9(13(15)23)4-2-3-5-14/h9,16H,2-8,14H2,1H3,(H2,15,23)(H,17,20)(H,18,21)(H,19,22)/t9-/m0/s1. The van der Waals surface area contributed by atoms with Crippen molar-refractivity contribution in [1.29, 1.82) is 0 Å². The van der Waals surface area contributed by atoms with Crippen LogP contribution >= 0.6 is 0 Å². The van der Waals surface area contributed by atoms with Gasteiger partial charge < -0.3 is 32.7 Å². The Morgan fingerprint density at radius 3 is 2.00 bits per heavy atom. The van der Waals surface area contributed by atoms with Crippen molar-refractivity contribution in [2.24, 2.45) is 11.5 Å². The van der Waals surface area contributed by atoms with Crippen LogP contribution < -0.4 is 32.7 Å². The maximum absolute atomic E-state index is 11.7. The number of rotatable bonds is 12. The van der Waals surface area contributed by atoms with E-state index >= 15 is 0 Å². The highest BCUT2D eigenvalue weighted by Crippen LogP contribution is 1.99. The monoisotopic (exact) mass is 330 g/mol. The van der Waals surface area contributed by atoms with Gasteiger partial charge in [0.15, 0.2) is 0 Å². The average Bonchev–Trinajstić information content (AvgIpc) is 2.50. The van der Waals surface area contributed by atoms with Crippen LogP contribution in [0.5, 0.6) is 0 Å². The van der Waals surface area contributed by atoms with Gasteiger partial charge in [-0.15, -0.1) is 0 Å². The van der Waals surface area contributed by atoms with Crippen LogP contribution in [0, 0.1) is 0 Å². The van der Waals surface area contributed by atoms with Crippen molar-refractivity contribution < 1.29 is 19.2 Å². The molecule has 4 amide bonds. The molecule has 0 aromatic heterocycles. The highest BCUT2D eigenvalue weighted by atomic mass is 16.2. The minimum absolute atomic E-state index is 0.0941. The van der Waals surface area contributed by atoms with Gasteiger partial charge in [-0.2, -0.15) is 0 Å². The largest absolute Gasteiger partial charge is 0.368 e. The van der Waals surface area contributed by atoms with Gasteiger partial charge in [0, 0.05) is 0 Å². The van der Waals surface area contributed by atoms with Crippen molar-refractivity contribution in [3.05, 3.63) is 0 Å². The van der Waals surface area contributed by atoms with Crippen LogP contribution in [0.1, 0.15) is 19.3 Å². The van der Waals surface area contributed by atoms with Gasteiger partial charge in [-0.1, -0.05) is 0 Å². The Labute approximate surface area is 135 Å². The molecule has 8 N–H and O–H groups in total. The van der Waals surface area contributed by atoms with E-state index < -0.39 is 23.8 Å². The van der Waals surface area contributed by atoms with Gasteiger partial charge in [0.1, 0.15) is 6.04 Å². The molecular weight excluding hydrogens is 304 g/mol. The number of likely N-dealkylation sites (N-methyl/N-ethyl adjacent to an activating group) is 1. The van der Waals surface area contributed by atoms with Gasteiger partial charge >= 0.3 is 0 Å². The molecule has 0 fully saturated rings. The van der Waals surface area contributed by atoms with E-state index in [1.807, 2.05) is 0 Å². The fraction of sp³-hybridized carbons (Fsp3) is 0.692. The molecule has 0 bridgehead atoms. The minimum Gasteiger partial charge on any atom is -0.368 e. The first-order chi connectivity index (χ1) is 10.9. The maximum atomic E-state index is 11.7. The first-order valence-corrected chi connectivity index (χ1v) is 7.37. The number of nitrogens with two attached hydrogens (primary N) is 2. The molecule has 0 aromatic rings. The molecule has 0 spiro atoms. The van der Waals surface area contributed by atoms with E-state index in [1.165, 1.54) is 0 Å². The summed E-state index contributed by atoms with van der Waals surface area (Å²) < 4.78 is 0. The third-order valence-corrected chi connectivity index (χ3v) is 2.86. The second-order valence-corrected chi connectivity index (χ2v) is 4.89. The topological polar surface area (TPSA) is 168 Å². The van der Waals surface area contributed by atoms with Crippen LogP contribution in [-0.4, -0.2) is 62.9 Å². The Balaban J connectivity index is 4.04. The van der Waals surface area contributed by atoms with Crippen LogP contribution in [0.2, 0.25) is 0 Å². The van der Waals surface area contributed by atoms with E-state index in [1.54, 1.807) is 7.05 Å². The summed E-state index contributed by atoms with van der Waals surface area (Å²) in [5.74, 6) is -2.01. The maximum Gasteiger partial charge on any atom is 0.240 e. The van der Waals surface area contributed by atoms with Crippen molar-refractivity contribution in [3.63, 3.8) is 0 Å². The number of amides is 4. The highest BCUT2D eigenvalue weighted by molar-refractivity contribution is 5.90. The number of nitrogens with one attached hydrogen (secondary N) is 4. The van der Waals surface area contributed by atoms with Gasteiger partial charge in [-0.3, -0.25) is 19.2 Å². The molecule has 0 aliphatic carbocycles. The van der Waals surface area contributed by atoms with Crippen molar-refractivity contribution >= 4 is 23.6 Å². The van der Waals surface area contributed by atoms with Gasteiger partial charge in [0.25, 0.3) is 0 Å². The molecule has 0 aromatic carbocycles. The fourth-order valence-corrected chi connectivity index (χ4v) is 1.67. The van der Waals surface area contributed by atoms with Crippen LogP contribution in [0.25, 0.3) is 0 Å². The molecule has 10 nitrogen and oxygen atoms in total. The number of carbonyl (C=O) groups is 4. The van der Waals surface area contributed by atoms with Crippen molar-refractivity contribution in [1.82, 2.24) is 21.3 Å². The van der Waals surface area contributed by atoms with Crippen LogP contribution in [0.3, 0.4) is 0 Å². The summed E-state index contributed by atoms with van der Waals surface area (Å²) in [7, 11) is 1.60. The summed E-state index contributed by atoms with van der Waals surface area (Å²) >= 11 is 0. The summed E-state index contributed by atoms with van der Waals surface area (Å²) in [6.07, 6.45) is 1.78. The smallest absolute Gasteiger partial charge is 0.240 e. The van der Waals surface area contributed by atoms with Gasteiger partial charge in [-0.05, 0) is 32.9 Å². The number of primary amides is 1. The molecule has 0 aliphatic rings. The first-order valence-electron chi connectivity index (χ1n) is 7.37. The second kappa shape index (κ2) is 12.4. The summed E-state index contributed by atoms with van der Waals surface area (Å²) in [5.41, 5.74) is 10.6. The Kier molecular flexibility index (Phi) is 11.2. The molecule has 0 aliphatic heterocycles.